The van der Waals surface area contributed by atoms with Crippen molar-refractivity contribution in [3.8, 4) is 11.1 Å². The number of hydrogen-bond acceptors (Lipinski definition) is 3. The summed E-state index contributed by atoms with van der Waals surface area (Å²) >= 11 is 0. The predicted molar refractivity (Wildman–Crippen MR) is 92.1 cm³/mol. The van der Waals surface area contributed by atoms with Crippen LogP contribution in [0, 0.1) is 0 Å². The second kappa shape index (κ2) is 7.14. The number of carbonyl (C=O) groups excluding carboxylic acids is 1. The Hall–Kier alpha value is -2.55. The second-order valence-corrected chi connectivity index (χ2v) is 6.19. The molecule has 0 bridgehead atoms. The quantitative estimate of drug-likeness (QED) is 0.550. The van der Waals surface area contributed by atoms with E-state index in [-0.39, 0.29) is 0 Å². The molecule has 0 saturated heterocycles. The molecule has 0 amide bonds. The smallest absolute Gasteiger partial charge is 0.429 e. The summed E-state index contributed by atoms with van der Waals surface area (Å²) in [5, 5.41) is 0. The third-order valence-electron chi connectivity index (χ3n) is 3.18. The molecule has 0 spiro atoms. The molecule has 2 aromatic rings. The van der Waals surface area contributed by atoms with Gasteiger partial charge in [0.25, 0.3) is 0 Å². The number of ether oxygens (including phenoxy) is 2. The van der Waals surface area contributed by atoms with E-state index in [0.29, 0.717) is 0 Å². The van der Waals surface area contributed by atoms with Gasteiger partial charge in [0.1, 0.15) is 11.7 Å². The maximum atomic E-state index is 12.0. The van der Waals surface area contributed by atoms with E-state index in [1.165, 1.54) is 0 Å². The van der Waals surface area contributed by atoms with Crippen molar-refractivity contribution in [3.05, 3.63) is 72.8 Å². The fourth-order valence-electron chi connectivity index (χ4n) is 2.24. The Morgan fingerprint density at radius 2 is 1.65 bits per heavy atom. The van der Waals surface area contributed by atoms with Crippen molar-refractivity contribution in [2.24, 2.45) is 0 Å². The number of benzene rings is 2. The van der Waals surface area contributed by atoms with Crippen LogP contribution in [0.15, 0.2) is 67.3 Å². The Balaban J connectivity index is 2.29. The van der Waals surface area contributed by atoms with Gasteiger partial charge in [0.15, 0.2) is 0 Å². The minimum Gasteiger partial charge on any atom is -0.429 e. The zero-order valence-electron chi connectivity index (χ0n) is 13.8. The summed E-state index contributed by atoms with van der Waals surface area (Å²) in [6.07, 6.45) is 0.331. The fourth-order valence-corrected chi connectivity index (χ4v) is 2.24. The zero-order chi connectivity index (χ0) is 16.9. The molecule has 1 atom stereocenters. The first-order valence-electron chi connectivity index (χ1n) is 7.57. The van der Waals surface area contributed by atoms with Gasteiger partial charge in [-0.3, -0.25) is 0 Å². The average Bonchev–Trinajstić information content (AvgIpc) is 2.52. The van der Waals surface area contributed by atoms with Crippen LogP contribution in [-0.2, 0) is 9.47 Å². The van der Waals surface area contributed by atoms with Crippen molar-refractivity contribution >= 4 is 6.16 Å². The third kappa shape index (κ3) is 4.71. The van der Waals surface area contributed by atoms with Crippen LogP contribution in [0.25, 0.3) is 11.1 Å². The highest BCUT2D eigenvalue weighted by Gasteiger charge is 2.22. The van der Waals surface area contributed by atoms with E-state index in [4.69, 9.17) is 9.47 Å². The molecule has 0 radical (unpaired) electrons. The van der Waals surface area contributed by atoms with Crippen LogP contribution >= 0.6 is 0 Å². The molecule has 0 aliphatic rings. The van der Waals surface area contributed by atoms with E-state index < -0.39 is 17.9 Å². The molecule has 120 valence electrons. The lowest BCUT2D eigenvalue weighted by Gasteiger charge is -2.22. The molecule has 1 unspecified atom stereocenters. The SMILES string of the molecule is C=CC(OC(=O)OC(C)(C)C)c1ccccc1-c1ccccc1. The average molecular weight is 310 g/mol. The van der Waals surface area contributed by atoms with Gasteiger partial charge >= 0.3 is 6.16 Å². The highest BCUT2D eigenvalue weighted by molar-refractivity contribution is 5.69. The molecular weight excluding hydrogens is 288 g/mol. The van der Waals surface area contributed by atoms with Crippen LogP contribution in [0.1, 0.15) is 32.4 Å². The van der Waals surface area contributed by atoms with Gasteiger partial charge < -0.3 is 9.47 Å². The highest BCUT2D eigenvalue weighted by Crippen LogP contribution is 2.31. The molecule has 0 fully saturated rings. The molecule has 23 heavy (non-hydrogen) atoms. The van der Waals surface area contributed by atoms with Crippen molar-refractivity contribution in [2.75, 3.05) is 0 Å². The fraction of sp³-hybridized carbons (Fsp3) is 0.250. The second-order valence-electron chi connectivity index (χ2n) is 6.19. The lowest BCUT2D eigenvalue weighted by Crippen LogP contribution is -2.25. The van der Waals surface area contributed by atoms with Crippen molar-refractivity contribution in [2.45, 2.75) is 32.5 Å². The first-order valence-corrected chi connectivity index (χ1v) is 7.57. The van der Waals surface area contributed by atoms with E-state index in [9.17, 15) is 4.79 Å². The van der Waals surface area contributed by atoms with Gasteiger partial charge in [0, 0.05) is 5.56 Å². The molecular formula is C20H22O3. The maximum absolute atomic E-state index is 12.0. The lowest BCUT2D eigenvalue weighted by molar-refractivity contribution is -0.0187. The molecule has 3 heteroatoms. The summed E-state index contributed by atoms with van der Waals surface area (Å²) in [6.45, 7) is 9.19. The molecule has 0 N–H and O–H groups in total. The van der Waals surface area contributed by atoms with Gasteiger partial charge in [-0.1, -0.05) is 61.2 Å². The molecule has 0 aliphatic heterocycles. The monoisotopic (exact) mass is 310 g/mol. The number of carbonyl (C=O) groups is 1. The summed E-state index contributed by atoms with van der Waals surface area (Å²) in [6, 6.07) is 17.8. The lowest BCUT2D eigenvalue weighted by atomic mass is 9.96. The summed E-state index contributed by atoms with van der Waals surface area (Å²) in [4.78, 5) is 12.0. The van der Waals surface area contributed by atoms with E-state index in [1.54, 1.807) is 26.8 Å². The predicted octanol–water partition coefficient (Wildman–Crippen LogP) is 5.53. The maximum Gasteiger partial charge on any atom is 0.509 e. The van der Waals surface area contributed by atoms with Gasteiger partial charge in [-0.2, -0.15) is 0 Å². The van der Waals surface area contributed by atoms with Gasteiger partial charge in [-0.25, -0.2) is 4.79 Å². The van der Waals surface area contributed by atoms with Gasteiger partial charge in [-0.15, -0.1) is 0 Å². The summed E-state index contributed by atoms with van der Waals surface area (Å²) in [5.74, 6) is 0. The van der Waals surface area contributed by atoms with Gasteiger partial charge in [0.2, 0.25) is 0 Å². The third-order valence-corrected chi connectivity index (χ3v) is 3.18. The highest BCUT2D eigenvalue weighted by atomic mass is 16.7. The van der Waals surface area contributed by atoms with Crippen LogP contribution < -0.4 is 0 Å². The van der Waals surface area contributed by atoms with Crippen LogP contribution in [0.4, 0.5) is 4.79 Å². The van der Waals surface area contributed by atoms with E-state index in [2.05, 4.69) is 6.58 Å². The van der Waals surface area contributed by atoms with Crippen LogP contribution in [0.2, 0.25) is 0 Å². The Kier molecular flexibility index (Phi) is 5.22. The number of rotatable bonds is 4. The number of hydrogen-bond donors (Lipinski definition) is 0. The van der Waals surface area contributed by atoms with Crippen LogP contribution in [-0.4, -0.2) is 11.8 Å². The Morgan fingerprint density at radius 3 is 2.26 bits per heavy atom. The van der Waals surface area contributed by atoms with Gasteiger partial charge in [0.05, 0.1) is 0 Å². The molecule has 0 aliphatic carbocycles. The first kappa shape index (κ1) is 16.8. The Morgan fingerprint density at radius 1 is 1.04 bits per heavy atom. The van der Waals surface area contributed by atoms with E-state index >= 15 is 0 Å². The van der Waals surface area contributed by atoms with Crippen molar-refractivity contribution in [1.29, 1.82) is 0 Å². The summed E-state index contributed by atoms with van der Waals surface area (Å²) in [7, 11) is 0. The zero-order valence-corrected chi connectivity index (χ0v) is 13.8. The van der Waals surface area contributed by atoms with Crippen molar-refractivity contribution in [1.82, 2.24) is 0 Å². The Bertz CT molecular complexity index is 669. The molecule has 2 rings (SSSR count). The normalized spacial score (nSPS) is 12.3. The largest absolute Gasteiger partial charge is 0.509 e. The molecule has 3 nitrogen and oxygen atoms in total. The Labute approximate surface area is 137 Å². The molecule has 0 aromatic heterocycles. The topological polar surface area (TPSA) is 35.5 Å². The summed E-state index contributed by atoms with van der Waals surface area (Å²) in [5.41, 5.74) is 2.34. The first-order chi connectivity index (χ1) is 10.9. The van der Waals surface area contributed by atoms with E-state index in [1.807, 2.05) is 54.6 Å². The minimum absolute atomic E-state index is 0.568. The van der Waals surface area contributed by atoms with Gasteiger partial charge in [-0.05, 0) is 38.0 Å². The van der Waals surface area contributed by atoms with Crippen molar-refractivity contribution in [3.63, 3.8) is 0 Å². The van der Waals surface area contributed by atoms with Crippen molar-refractivity contribution < 1.29 is 14.3 Å². The standard InChI is InChI=1S/C20H22O3/c1-5-18(22-19(21)23-20(2,3)4)17-14-10-9-13-16(17)15-11-7-6-8-12-15/h5-14,18H,1H2,2-4H3. The van der Waals surface area contributed by atoms with Crippen LogP contribution in [0.3, 0.4) is 0 Å². The molecule has 0 saturated carbocycles. The molecule has 2 aromatic carbocycles. The summed E-state index contributed by atoms with van der Waals surface area (Å²) < 4.78 is 10.7. The van der Waals surface area contributed by atoms with Crippen LogP contribution in [0.5, 0.6) is 0 Å². The minimum atomic E-state index is -0.703. The molecule has 0 heterocycles. The van der Waals surface area contributed by atoms with E-state index in [0.717, 1.165) is 16.7 Å².